The Bertz CT molecular complexity index is 647. The Balaban J connectivity index is 1.97. The van der Waals surface area contributed by atoms with Crippen LogP contribution in [0.15, 0.2) is 35.6 Å². The second-order valence-electron chi connectivity index (χ2n) is 6.31. The first kappa shape index (κ1) is 12.7. The van der Waals surface area contributed by atoms with E-state index in [1.807, 2.05) is 24.3 Å². The molecule has 110 valence electrons. The van der Waals surface area contributed by atoms with Gasteiger partial charge in [0.25, 0.3) is 5.91 Å². The molecule has 4 heteroatoms. The molecule has 2 fully saturated rings. The first-order valence-electron chi connectivity index (χ1n) is 7.62. The van der Waals surface area contributed by atoms with Gasteiger partial charge in [-0.2, -0.15) is 0 Å². The van der Waals surface area contributed by atoms with Crippen molar-refractivity contribution < 1.29 is 14.6 Å². The second kappa shape index (κ2) is 4.26. The predicted molar refractivity (Wildman–Crippen MR) is 78.0 cm³/mol. The Morgan fingerprint density at radius 1 is 1.38 bits per heavy atom. The average molecular weight is 285 g/mol. The zero-order chi connectivity index (χ0) is 14.6. The number of ether oxygens (including phenoxy) is 1. The summed E-state index contributed by atoms with van der Waals surface area (Å²) >= 11 is 0. The highest BCUT2D eigenvalue weighted by molar-refractivity contribution is 5.97. The number of fused-ring (bicyclic) bond motifs is 2. The van der Waals surface area contributed by atoms with Crippen molar-refractivity contribution in [1.29, 1.82) is 0 Å². The quantitative estimate of drug-likeness (QED) is 0.569. The van der Waals surface area contributed by atoms with Crippen molar-refractivity contribution in [2.45, 2.75) is 44.2 Å². The smallest absolute Gasteiger partial charge is 0.254 e. The first-order valence-corrected chi connectivity index (χ1v) is 7.62. The molecule has 2 bridgehead atoms. The third kappa shape index (κ3) is 1.65. The number of rotatable bonds is 0. The minimum absolute atomic E-state index is 0.0611. The number of allylic oxidation sites excluding steroid dienone is 1. The molecule has 0 spiro atoms. The normalized spacial score (nSPS) is 36.0. The van der Waals surface area contributed by atoms with Gasteiger partial charge in [0, 0.05) is 23.8 Å². The van der Waals surface area contributed by atoms with E-state index in [0.717, 1.165) is 37.0 Å². The van der Waals surface area contributed by atoms with Crippen molar-refractivity contribution in [2.24, 2.45) is 5.92 Å². The summed E-state index contributed by atoms with van der Waals surface area (Å²) in [6.07, 6.45) is 4.05. The van der Waals surface area contributed by atoms with Crippen molar-refractivity contribution >= 4 is 5.91 Å². The molecule has 0 radical (unpaired) electrons. The molecule has 1 aromatic carbocycles. The maximum absolute atomic E-state index is 12.5. The molecule has 1 amide bonds. The van der Waals surface area contributed by atoms with Crippen molar-refractivity contribution in [3.8, 4) is 5.75 Å². The number of aliphatic hydroxyl groups is 1. The Morgan fingerprint density at radius 2 is 2.19 bits per heavy atom. The van der Waals surface area contributed by atoms with E-state index in [1.165, 1.54) is 0 Å². The van der Waals surface area contributed by atoms with Crippen molar-refractivity contribution in [1.82, 2.24) is 5.32 Å². The SMILES string of the molecule is C/C(O)=C1/C(=O)N[C@]23CCCC[C@@H]2[C@H]1c1ccccc1O3. The van der Waals surface area contributed by atoms with Crippen LogP contribution < -0.4 is 10.1 Å². The summed E-state index contributed by atoms with van der Waals surface area (Å²) < 4.78 is 6.26. The highest BCUT2D eigenvalue weighted by atomic mass is 16.5. The standard InChI is InChI=1S/C17H19NO3/c1-10(19)14-15-11-6-2-3-8-13(11)21-17(18-16(14)20)9-5-4-7-12(15)17/h2-3,6,8,12,15,19H,4-5,7,9H2,1H3,(H,18,20)/b14-10-/t12-,15-,17+/m1/s1. The van der Waals surface area contributed by atoms with Gasteiger partial charge in [-0.25, -0.2) is 0 Å². The highest BCUT2D eigenvalue weighted by Crippen LogP contribution is 2.55. The monoisotopic (exact) mass is 285 g/mol. The molecule has 3 aliphatic rings. The molecule has 1 aliphatic carbocycles. The summed E-state index contributed by atoms with van der Waals surface area (Å²) in [5.74, 6) is 0.908. The fraction of sp³-hybridized carbons (Fsp3) is 0.471. The summed E-state index contributed by atoms with van der Waals surface area (Å²) in [4.78, 5) is 12.5. The summed E-state index contributed by atoms with van der Waals surface area (Å²) in [6.45, 7) is 1.60. The van der Waals surface area contributed by atoms with Gasteiger partial charge < -0.3 is 15.2 Å². The van der Waals surface area contributed by atoms with Gasteiger partial charge in [-0.05, 0) is 25.8 Å². The maximum atomic E-state index is 12.5. The molecular formula is C17H19NO3. The topological polar surface area (TPSA) is 58.6 Å². The van der Waals surface area contributed by atoms with Gasteiger partial charge in [0.15, 0.2) is 5.72 Å². The highest BCUT2D eigenvalue weighted by Gasteiger charge is 2.57. The maximum Gasteiger partial charge on any atom is 0.254 e. The number of para-hydroxylation sites is 1. The van der Waals surface area contributed by atoms with E-state index in [-0.39, 0.29) is 23.5 Å². The fourth-order valence-electron chi connectivity index (χ4n) is 4.30. The molecule has 0 aromatic heterocycles. The molecule has 4 rings (SSSR count). The van der Waals surface area contributed by atoms with E-state index in [1.54, 1.807) is 6.92 Å². The number of nitrogens with one attached hydrogen (secondary N) is 1. The van der Waals surface area contributed by atoms with Crippen molar-refractivity contribution in [3.63, 3.8) is 0 Å². The van der Waals surface area contributed by atoms with Crippen LogP contribution in [0.1, 0.15) is 44.1 Å². The lowest BCUT2D eigenvalue weighted by molar-refractivity contribution is -0.140. The van der Waals surface area contributed by atoms with E-state index in [2.05, 4.69) is 5.32 Å². The molecule has 1 saturated carbocycles. The number of piperidine rings is 1. The van der Waals surface area contributed by atoms with Crippen LogP contribution in [-0.2, 0) is 4.79 Å². The Kier molecular flexibility index (Phi) is 2.59. The molecule has 2 aliphatic heterocycles. The van der Waals surface area contributed by atoms with E-state index >= 15 is 0 Å². The van der Waals surface area contributed by atoms with Crippen LogP contribution in [0.4, 0.5) is 0 Å². The third-order valence-electron chi connectivity index (χ3n) is 5.13. The molecule has 2 N–H and O–H groups in total. The summed E-state index contributed by atoms with van der Waals surface area (Å²) in [7, 11) is 0. The van der Waals surface area contributed by atoms with E-state index in [9.17, 15) is 9.90 Å². The van der Waals surface area contributed by atoms with Crippen LogP contribution in [0, 0.1) is 5.92 Å². The van der Waals surface area contributed by atoms with Crippen LogP contribution in [0.3, 0.4) is 0 Å². The summed E-state index contributed by atoms with van der Waals surface area (Å²) in [6, 6.07) is 7.89. The average Bonchev–Trinajstić information content (AvgIpc) is 2.45. The number of amides is 1. The Morgan fingerprint density at radius 3 is 3.00 bits per heavy atom. The lowest BCUT2D eigenvalue weighted by atomic mass is 9.64. The minimum atomic E-state index is -0.590. The molecular weight excluding hydrogens is 266 g/mol. The molecule has 4 nitrogen and oxygen atoms in total. The summed E-state index contributed by atoms with van der Waals surface area (Å²) in [5.41, 5.74) is 0.944. The molecule has 0 unspecified atom stereocenters. The lowest BCUT2D eigenvalue weighted by Crippen LogP contribution is -2.66. The molecule has 21 heavy (non-hydrogen) atoms. The number of benzene rings is 1. The Hall–Kier alpha value is -1.97. The number of carbonyl (C=O) groups is 1. The van der Waals surface area contributed by atoms with Gasteiger partial charge in [-0.15, -0.1) is 0 Å². The minimum Gasteiger partial charge on any atom is -0.512 e. The molecule has 1 aromatic rings. The van der Waals surface area contributed by atoms with Crippen LogP contribution in [0.5, 0.6) is 5.75 Å². The van der Waals surface area contributed by atoms with Crippen LogP contribution in [-0.4, -0.2) is 16.7 Å². The first-order chi connectivity index (χ1) is 10.1. The van der Waals surface area contributed by atoms with E-state index in [4.69, 9.17) is 4.74 Å². The zero-order valence-electron chi connectivity index (χ0n) is 12.1. The van der Waals surface area contributed by atoms with Gasteiger partial charge in [0.05, 0.1) is 11.3 Å². The van der Waals surface area contributed by atoms with Crippen LogP contribution >= 0.6 is 0 Å². The van der Waals surface area contributed by atoms with Gasteiger partial charge in [-0.1, -0.05) is 24.6 Å². The lowest BCUT2D eigenvalue weighted by Gasteiger charge is -2.54. The van der Waals surface area contributed by atoms with E-state index in [0.29, 0.717) is 5.57 Å². The van der Waals surface area contributed by atoms with Crippen LogP contribution in [0.2, 0.25) is 0 Å². The van der Waals surface area contributed by atoms with E-state index < -0.39 is 5.72 Å². The number of hydrogen-bond acceptors (Lipinski definition) is 3. The Labute approximate surface area is 123 Å². The van der Waals surface area contributed by atoms with Gasteiger partial charge in [0.1, 0.15) is 5.75 Å². The van der Waals surface area contributed by atoms with Crippen molar-refractivity contribution in [3.05, 3.63) is 41.2 Å². The molecule has 3 atom stereocenters. The number of hydrogen-bond donors (Lipinski definition) is 2. The molecule has 2 heterocycles. The fourth-order valence-corrected chi connectivity index (χ4v) is 4.30. The van der Waals surface area contributed by atoms with Crippen LogP contribution in [0.25, 0.3) is 0 Å². The van der Waals surface area contributed by atoms with Crippen molar-refractivity contribution in [2.75, 3.05) is 0 Å². The molecule has 1 saturated heterocycles. The predicted octanol–water partition coefficient (Wildman–Crippen LogP) is 3.01. The number of carbonyl (C=O) groups excluding carboxylic acids is 1. The third-order valence-corrected chi connectivity index (χ3v) is 5.13. The van der Waals surface area contributed by atoms with Gasteiger partial charge in [-0.3, -0.25) is 4.79 Å². The largest absolute Gasteiger partial charge is 0.512 e. The number of aliphatic hydroxyl groups excluding tert-OH is 1. The second-order valence-corrected chi connectivity index (χ2v) is 6.31. The van der Waals surface area contributed by atoms with Gasteiger partial charge >= 0.3 is 0 Å². The zero-order valence-corrected chi connectivity index (χ0v) is 12.1. The summed E-state index contributed by atoms with van der Waals surface area (Å²) in [5, 5.41) is 13.1. The van der Waals surface area contributed by atoms with Gasteiger partial charge in [0.2, 0.25) is 0 Å².